The molecule has 0 aliphatic heterocycles. The number of carbonyl (C=O) groups excluding carboxylic acids is 1. The number of benzene rings is 1. The van der Waals surface area contributed by atoms with Gasteiger partial charge < -0.3 is 24.3 Å². The predicted molar refractivity (Wildman–Crippen MR) is 114 cm³/mol. The summed E-state index contributed by atoms with van der Waals surface area (Å²) in [6.07, 6.45) is 3.73. The Morgan fingerprint density at radius 2 is 1.97 bits per heavy atom. The van der Waals surface area contributed by atoms with E-state index >= 15 is 0 Å². The minimum Gasteiger partial charge on any atom is -0.493 e. The molecule has 160 valence electrons. The number of ether oxygens (including phenoxy) is 2. The van der Waals surface area contributed by atoms with Gasteiger partial charge in [-0.15, -0.1) is 0 Å². The number of Topliss-reactive ketones (excluding diaryl/α,β-unsaturated/α-hetero) is 1. The highest BCUT2D eigenvalue weighted by molar-refractivity contribution is 6.30. The Balaban J connectivity index is 2.09. The third-order valence-electron chi connectivity index (χ3n) is 4.48. The van der Waals surface area contributed by atoms with Gasteiger partial charge in [0, 0.05) is 29.7 Å². The second-order valence-electron chi connectivity index (χ2n) is 6.35. The molecule has 2 aromatic heterocycles. The standard InChI is InChI=1S/C22H19ClN2O6/c1-30-17-7-3-6-15(21(17)31-2)19(28)20(29)16-11-13(23)12-24-22(16)25-10-4-5-14(25)8-9-18(26)27/h3-12,20,29H,1-2H3,(H,26,27)/b9-8+. The van der Waals surface area contributed by atoms with E-state index in [4.69, 9.17) is 26.2 Å². The van der Waals surface area contributed by atoms with E-state index in [1.807, 2.05) is 0 Å². The van der Waals surface area contributed by atoms with Crippen LogP contribution in [0.15, 0.2) is 54.9 Å². The van der Waals surface area contributed by atoms with E-state index in [9.17, 15) is 14.7 Å². The van der Waals surface area contributed by atoms with Crippen molar-refractivity contribution in [2.45, 2.75) is 6.10 Å². The second kappa shape index (κ2) is 9.46. The van der Waals surface area contributed by atoms with Crippen LogP contribution in [0.5, 0.6) is 11.5 Å². The molecule has 0 aliphatic carbocycles. The molecule has 0 amide bonds. The number of halogens is 1. The third-order valence-corrected chi connectivity index (χ3v) is 4.68. The van der Waals surface area contributed by atoms with Crippen molar-refractivity contribution in [3.63, 3.8) is 0 Å². The van der Waals surface area contributed by atoms with Crippen LogP contribution < -0.4 is 9.47 Å². The van der Waals surface area contributed by atoms with Gasteiger partial charge in [-0.25, -0.2) is 9.78 Å². The topological polar surface area (TPSA) is 111 Å². The second-order valence-corrected chi connectivity index (χ2v) is 6.79. The fraction of sp³-hybridized carbons (Fsp3) is 0.136. The van der Waals surface area contributed by atoms with Gasteiger partial charge in [0.05, 0.1) is 24.8 Å². The maximum Gasteiger partial charge on any atom is 0.328 e. The van der Waals surface area contributed by atoms with Crippen LogP contribution in [0.2, 0.25) is 5.02 Å². The number of carbonyl (C=O) groups is 2. The summed E-state index contributed by atoms with van der Waals surface area (Å²) in [5, 5.41) is 20.1. The molecule has 0 saturated heterocycles. The molecule has 2 heterocycles. The van der Waals surface area contributed by atoms with Crippen molar-refractivity contribution in [1.82, 2.24) is 9.55 Å². The molecule has 31 heavy (non-hydrogen) atoms. The molecule has 1 unspecified atom stereocenters. The lowest BCUT2D eigenvalue weighted by Crippen LogP contribution is -2.17. The molecule has 3 rings (SSSR count). The molecular formula is C22H19ClN2O6. The van der Waals surface area contributed by atoms with Gasteiger partial charge in [0.15, 0.2) is 17.3 Å². The fourth-order valence-electron chi connectivity index (χ4n) is 3.10. The van der Waals surface area contributed by atoms with Crippen LogP contribution in [-0.2, 0) is 4.79 Å². The normalized spacial score (nSPS) is 12.0. The number of carboxylic acids is 1. The van der Waals surface area contributed by atoms with Gasteiger partial charge in [-0.3, -0.25) is 4.79 Å². The van der Waals surface area contributed by atoms with Crippen molar-refractivity contribution in [3.05, 3.63) is 76.7 Å². The van der Waals surface area contributed by atoms with Crippen molar-refractivity contribution in [2.75, 3.05) is 14.2 Å². The largest absolute Gasteiger partial charge is 0.493 e. The SMILES string of the molecule is COc1cccc(C(=O)C(O)c2cc(Cl)cnc2-n2cccc2/C=C/C(=O)O)c1OC. The van der Waals surface area contributed by atoms with Crippen molar-refractivity contribution in [1.29, 1.82) is 0 Å². The average molecular weight is 443 g/mol. The first kappa shape index (κ1) is 22.1. The number of aliphatic hydroxyl groups excluding tert-OH is 1. The zero-order valence-corrected chi connectivity index (χ0v) is 17.4. The highest BCUT2D eigenvalue weighted by atomic mass is 35.5. The summed E-state index contributed by atoms with van der Waals surface area (Å²) in [6.45, 7) is 0. The molecule has 1 aromatic carbocycles. The van der Waals surface area contributed by atoms with Crippen LogP contribution in [0.3, 0.4) is 0 Å². The van der Waals surface area contributed by atoms with Crippen LogP contribution >= 0.6 is 11.6 Å². The number of methoxy groups -OCH3 is 2. The van der Waals surface area contributed by atoms with Crippen LogP contribution in [0.25, 0.3) is 11.9 Å². The van der Waals surface area contributed by atoms with Gasteiger partial charge in [-0.2, -0.15) is 0 Å². The summed E-state index contributed by atoms with van der Waals surface area (Å²) in [4.78, 5) is 28.3. The van der Waals surface area contributed by atoms with Crippen LogP contribution in [-0.4, -0.2) is 45.7 Å². The van der Waals surface area contributed by atoms with E-state index in [0.29, 0.717) is 11.4 Å². The molecule has 1 atom stereocenters. The number of aliphatic hydroxyl groups is 1. The molecule has 0 aliphatic rings. The third kappa shape index (κ3) is 4.60. The lowest BCUT2D eigenvalue weighted by Gasteiger charge is -2.18. The first-order chi connectivity index (χ1) is 14.9. The molecule has 0 bridgehead atoms. The molecule has 0 fully saturated rings. The number of rotatable bonds is 8. The maximum absolute atomic E-state index is 13.2. The van der Waals surface area contributed by atoms with E-state index in [1.165, 1.54) is 38.6 Å². The van der Waals surface area contributed by atoms with Crippen LogP contribution in [0, 0.1) is 0 Å². The lowest BCUT2D eigenvalue weighted by molar-refractivity contribution is -0.131. The van der Waals surface area contributed by atoms with Crippen LogP contribution in [0.1, 0.15) is 27.7 Å². The molecule has 0 radical (unpaired) electrons. The smallest absolute Gasteiger partial charge is 0.328 e. The predicted octanol–water partition coefficient (Wildman–Crippen LogP) is 3.56. The van der Waals surface area contributed by atoms with Gasteiger partial charge in [-0.1, -0.05) is 17.7 Å². The summed E-state index contributed by atoms with van der Waals surface area (Å²) in [5.74, 6) is -0.997. The Labute approximate surface area is 182 Å². The summed E-state index contributed by atoms with van der Waals surface area (Å²) in [6, 6.07) is 9.54. The van der Waals surface area contributed by atoms with Crippen LogP contribution in [0.4, 0.5) is 0 Å². The zero-order chi connectivity index (χ0) is 22.5. The van der Waals surface area contributed by atoms with Gasteiger partial charge in [0.2, 0.25) is 0 Å². The molecular weight excluding hydrogens is 424 g/mol. The molecule has 3 aromatic rings. The number of ketones is 1. The monoisotopic (exact) mass is 442 g/mol. The summed E-state index contributed by atoms with van der Waals surface area (Å²) < 4.78 is 12.1. The lowest BCUT2D eigenvalue weighted by atomic mass is 9.99. The molecule has 2 N–H and O–H groups in total. The Kier molecular flexibility index (Phi) is 6.74. The number of hydrogen-bond acceptors (Lipinski definition) is 6. The highest BCUT2D eigenvalue weighted by Gasteiger charge is 2.28. The number of aromatic nitrogens is 2. The van der Waals surface area contributed by atoms with Gasteiger partial charge in [-0.05, 0) is 36.4 Å². The van der Waals surface area contributed by atoms with E-state index < -0.39 is 17.9 Å². The minimum absolute atomic E-state index is 0.124. The van der Waals surface area contributed by atoms with Crippen molar-refractivity contribution in [3.8, 4) is 17.3 Å². The Bertz CT molecular complexity index is 1150. The van der Waals surface area contributed by atoms with Crippen molar-refractivity contribution < 1.29 is 29.3 Å². The number of hydrogen-bond donors (Lipinski definition) is 2. The average Bonchev–Trinajstić information content (AvgIpc) is 3.24. The Morgan fingerprint density at radius 1 is 1.19 bits per heavy atom. The van der Waals surface area contributed by atoms with Crippen molar-refractivity contribution >= 4 is 29.4 Å². The number of para-hydroxylation sites is 1. The first-order valence-corrected chi connectivity index (χ1v) is 9.42. The minimum atomic E-state index is -1.62. The van der Waals surface area contributed by atoms with E-state index in [2.05, 4.69) is 4.98 Å². The first-order valence-electron chi connectivity index (χ1n) is 9.04. The van der Waals surface area contributed by atoms with Gasteiger partial charge >= 0.3 is 5.97 Å². The highest BCUT2D eigenvalue weighted by Crippen LogP contribution is 2.35. The molecule has 0 saturated carbocycles. The molecule has 8 nitrogen and oxygen atoms in total. The van der Waals surface area contributed by atoms with Crippen molar-refractivity contribution in [2.24, 2.45) is 0 Å². The molecule has 0 spiro atoms. The van der Waals surface area contributed by atoms with E-state index in [1.54, 1.807) is 35.0 Å². The maximum atomic E-state index is 13.2. The quantitative estimate of drug-likeness (QED) is 0.405. The summed E-state index contributed by atoms with van der Waals surface area (Å²) >= 11 is 6.09. The number of aliphatic carboxylic acids is 1. The van der Waals surface area contributed by atoms with E-state index in [0.717, 1.165) is 6.08 Å². The fourth-order valence-corrected chi connectivity index (χ4v) is 3.27. The number of carboxylic acid groups (broad SMARTS) is 1. The zero-order valence-electron chi connectivity index (χ0n) is 16.7. The summed E-state index contributed by atoms with van der Waals surface area (Å²) in [5.41, 5.74) is 0.749. The Morgan fingerprint density at radius 3 is 2.65 bits per heavy atom. The van der Waals surface area contributed by atoms with Gasteiger partial charge in [0.25, 0.3) is 0 Å². The number of pyridine rings is 1. The summed E-state index contributed by atoms with van der Waals surface area (Å²) in [7, 11) is 2.84. The Hall–Kier alpha value is -3.62. The number of nitrogens with zero attached hydrogens (tertiary/aromatic N) is 2. The molecule has 9 heteroatoms. The van der Waals surface area contributed by atoms with Gasteiger partial charge in [0.1, 0.15) is 11.9 Å². The van der Waals surface area contributed by atoms with E-state index in [-0.39, 0.29) is 27.7 Å².